The quantitative estimate of drug-likeness (QED) is 0.762. The van der Waals surface area contributed by atoms with Gasteiger partial charge >= 0.3 is 12.1 Å². The van der Waals surface area contributed by atoms with Gasteiger partial charge in [-0.1, -0.05) is 24.3 Å². The molecule has 3 rings (SSSR count). The number of benzene rings is 1. The number of hydrogen-bond donors (Lipinski definition) is 1. The Balaban J connectivity index is 1.66. The highest BCUT2D eigenvalue weighted by molar-refractivity contribution is 5.66. The summed E-state index contributed by atoms with van der Waals surface area (Å²) in [6.07, 6.45) is 1.64. The molecular formula is C21H26N2O6. The first-order chi connectivity index (χ1) is 13.7. The van der Waals surface area contributed by atoms with Crippen molar-refractivity contribution in [2.24, 2.45) is 0 Å². The Kier molecular flexibility index (Phi) is 6.22. The van der Waals surface area contributed by atoms with Gasteiger partial charge in [-0.05, 0) is 32.8 Å². The van der Waals surface area contributed by atoms with Crippen molar-refractivity contribution in [3.8, 4) is 11.3 Å². The Morgan fingerprint density at radius 3 is 2.52 bits per heavy atom. The van der Waals surface area contributed by atoms with Crippen molar-refractivity contribution in [3.63, 3.8) is 0 Å². The lowest BCUT2D eigenvalue weighted by atomic mass is 10.00. The maximum atomic E-state index is 12.0. The Bertz CT molecular complexity index is 826. The van der Waals surface area contributed by atoms with Gasteiger partial charge in [-0.3, -0.25) is 4.79 Å². The molecular weight excluding hydrogens is 376 g/mol. The van der Waals surface area contributed by atoms with E-state index in [4.69, 9.17) is 18.6 Å². The van der Waals surface area contributed by atoms with Crippen molar-refractivity contribution in [2.45, 2.75) is 58.0 Å². The van der Waals surface area contributed by atoms with Crippen LogP contribution in [0.5, 0.6) is 0 Å². The number of nitrogens with zero attached hydrogens (tertiary/aromatic N) is 1. The second kappa shape index (κ2) is 8.65. The van der Waals surface area contributed by atoms with Crippen molar-refractivity contribution in [1.82, 2.24) is 10.3 Å². The molecule has 29 heavy (non-hydrogen) atoms. The van der Waals surface area contributed by atoms with Gasteiger partial charge in [-0.15, -0.1) is 0 Å². The molecule has 1 saturated heterocycles. The van der Waals surface area contributed by atoms with Crippen molar-refractivity contribution < 1.29 is 28.2 Å². The van der Waals surface area contributed by atoms with Crippen LogP contribution in [0.1, 0.15) is 33.3 Å². The van der Waals surface area contributed by atoms with E-state index in [1.54, 1.807) is 27.0 Å². The molecule has 1 aromatic carbocycles. The molecule has 0 unspecified atom stereocenters. The molecule has 8 nitrogen and oxygen atoms in total. The predicted octanol–water partition coefficient (Wildman–Crippen LogP) is 3.11. The van der Waals surface area contributed by atoms with Gasteiger partial charge in [0, 0.05) is 19.0 Å². The average molecular weight is 402 g/mol. The van der Waals surface area contributed by atoms with Gasteiger partial charge in [-0.25, -0.2) is 9.78 Å². The summed E-state index contributed by atoms with van der Waals surface area (Å²) in [5.41, 5.74) is 1.30. The van der Waals surface area contributed by atoms with E-state index in [0.29, 0.717) is 18.7 Å². The van der Waals surface area contributed by atoms with E-state index < -0.39 is 29.9 Å². The Morgan fingerprint density at radius 2 is 1.93 bits per heavy atom. The fourth-order valence-electron chi connectivity index (χ4n) is 3.22. The fraction of sp³-hybridized carbons (Fsp3) is 0.476. The van der Waals surface area contributed by atoms with E-state index in [2.05, 4.69) is 10.3 Å². The molecule has 2 aromatic rings. The first-order valence-corrected chi connectivity index (χ1v) is 9.49. The number of hydrogen-bond acceptors (Lipinski definition) is 8. The molecule has 156 valence electrons. The standard InChI is InChI=1S/C21H26N2O6/c1-13(24)27-19-16(23-11-18(19)28-20(25)29-21(2,3)4)9-14-5-7-15(8-6-14)17-10-22-12-26-17/h5-8,10,12,16,18-19,23H,9,11H2,1-4H3/t16-,18+,19+/m1/s1. The van der Waals surface area contributed by atoms with Crippen LogP contribution in [0.3, 0.4) is 0 Å². The molecule has 0 aliphatic carbocycles. The van der Waals surface area contributed by atoms with Gasteiger partial charge in [0.2, 0.25) is 0 Å². The van der Waals surface area contributed by atoms with Crippen LogP contribution < -0.4 is 5.32 Å². The lowest BCUT2D eigenvalue weighted by molar-refractivity contribution is -0.152. The third-order valence-electron chi connectivity index (χ3n) is 4.41. The van der Waals surface area contributed by atoms with Crippen molar-refractivity contribution in [3.05, 3.63) is 42.4 Å². The Morgan fingerprint density at radius 1 is 1.21 bits per heavy atom. The first kappa shape index (κ1) is 20.9. The molecule has 2 heterocycles. The Hall–Kier alpha value is -2.87. The molecule has 1 aliphatic heterocycles. The maximum Gasteiger partial charge on any atom is 0.509 e. The van der Waals surface area contributed by atoms with Gasteiger partial charge in [0.05, 0.1) is 12.2 Å². The number of esters is 1. The first-order valence-electron chi connectivity index (χ1n) is 9.49. The summed E-state index contributed by atoms with van der Waals surface area (Å²) in [4.78, 5) is 27.5. The monoisotopic (exact) mass is 402 g/mol. The molecule has 0 bridgehead atoms. The molecule has 8 heteroatoms. The lowest BCUT2D eigenvalue weighted by Gasteiger charge is -2.25. The second-order valence-corrected chi connectivity index (χ2v) is 7.98. The van der Waals surface area contributed by atoms with Crippen molar-refractivity contribution >= 4 is 12.1 Å². The topological polar surface area (TPSA) is 99.9 Å². The molecule has 3 atom stereocenters. The minimum absolute atomic E-state index is 0.192. The van der Waals surface area contributed by atoms with Gasteiger partial charge in [0.1, 0.15) is 5.60 Å². The van der Waals surface area contributed by atoms with E-state index in [9.17, 15) is 9.59 Å². The van der Waals surface area contributed by atoms with E-state index >= 15 is 0 Å². The van der Waals surface area contributed by atoms with E-state index in [0.717, 1.165) is 11.1 Å². The van der Waals surface area contributed by atoms with Crippen LogP contribution in [0.15, 0.2) is 41.3 Å². The zero-order valence-electron chi connectivity index (χ0n) is 17.0. The van der Waals surface area contributed by atoms with Crippen LogP contribution in [-0.4, -0.2) is 47.5 Å². The van der Waals surface area contributed by atoms with E-state index in [1.165, 1.54) is 13.3 Å². The number of rotatable bonds is 5. The molecule has 1 aliphatic rings. The summed E-state index contributed by atoms with van der Waals surface area (Å²) < 4.78 is 21.4. The lowest BCUT2D eigenvalue weighted by Crippen LogP contribution is -2.40. The summed E-state index contributed by atoms with van der Waals surface area (Å²) in [6, 6.07) is 7.65. The zero-order valence-corrected chi connectivity index (χ0v) is 17.0. The number of carbonyl (C=O) groups excluding carboxylic acids is 2. The molecule has 1 aromatic heterocycles. The summed E-state index contributed by atoms with van der Waals surface area (Å²) in [6.45, 7) is 6.99. The van der Waals surface area contributed by atoms with Gasteiger partial charge < -0.3 is 23.9 Å². The average Bonchev–Trinajstić information content (AvgIpc) is 3.26. The SMILES string of the molecule is CC(=O)O[C@@H]1[C@@H](OC(=O)OC(C)(C)C)CN[C@@H]1Cc1ccc(-c2cnco2)cc1. The Labute approximate surface area is 169 Å². The molecule has 0 amide bonds. The maximum absolute atomic E-state index is 12.0. The molecule has 1 N–H and O–H groups in total. The summed E-state index contributed by atoms with van der Waals surface area (Å²) in [7, 11) is 0. The predicted molar refractivity (Wildman–Crippen MR) is 104 cm³/mol. The van der Waals surface area contributed by atoms with Crippen LogP contribution in [0.2, 0.25) is 0 Å². The third kappa shape index (κ3) is 5.80. The molecule has 0 radical (unpaired) electrons. The highest BCUT2D eigenvalue weighted by Crippen LogP contribution is 2.23. The van der Waals surface area contributed by atoms with Crippen LogP contribution in [0.25, 0.3) is 11.3 Å². The number of aromatic nitrogens is 1. The zero-order chi connectivity index (χ0) is 21.0. The van der Waals surface area contributed by atoms with Crippen molar-refractivity contribution in [2.75, 3.05) is 6.54 Å². The minimum atomic E-state index is -0.779. The van der Waals surface area contributed by atoms with Gasteiger partial charge in [0.15, 0.2) is 24.4 Å². The molecule has 1 fully saturated rings. The fourth-order valence-corrected chi connectivity index (χ4v) is 3.22. The highest BCUT2D eigenvalue weighted by atomic mass is 16.7. The number of ether oxygens (including phenoxy) is 3. The number of oxazole rings is 1. The smallest absolute Gasteiger partial charge is 0.457 e. The van der Waals surface area contributed by atoms with Gasteiger partial charge in [0.25, 0.3) is 0 Å². The van der Waals surface area contributed by atoms with Crippen LogP contribution >= 0.6 is 0 Å². The van der Waals surface area contributed by atoms with Crippen LogP contribution in [-0.2, 0) is 25.4 Å². The largest absolute Gasteiger partial charge is 0.509 e. The summed E-state index contributed by atoms with van der Waals surface area (Å²) in [5, 5.41) is 3.28. The van der Waals surface area contributed by atoms with Gasteiger partial charge in [-0.2, -0.15) is 0 Å². The normalized spacial score (nSPS) is 21.6. The van der Waals surface area contributed by atoms with E-state index in [1.807, 2.05) is 24.3 Å². The van der Waals surface area contributed by atoms with Crippen LogP contribution in [0, 0.1) is 0 Å². The molecule has 0 spiro atoms. The molecule has 0 saturated carbocycles. The number of carbonyl (C=O) groups is 2. The van der Waals surface area contributed by atoms with Crippen LogP contribution in [0.4, 0.5) is 4.79 Å². The third-order valence-corrected chi connectivity index (χ3v) is 4.41. The summed E-state index contributed by atoms with van der Waals surface area (Å²) in [5.74, 6) is 0.265. The second-order valence-electron chi connectivity index (χ2n) is 7.98. The minimum Gasteiger partial charge on any atom is -0.457 e. The van der Waals surface area contributed by atoms with Crippen molar-refractivity contribution in [1.29, 1.82) is 0 Å². The number of nitrogens with one attached hydrogen (secondary N) is 1. The summed E-state index contributed by atoms with van der Waals surface area (Å²) >= 11 is 0. The van der Waals surface area contributed by atoms with E-state index in [-0.39, 0.29) is 6.04 Å². The highest BCUT2D eigenvalue weighted by Gasteiger charge is 2.41.